The van der Waals surface area contributed by atoms with Gasteiger partial charge in [-0.25, -0.2) is 9.97 Å². The number of aryl methyl sites for hydroxylation is 3. The molecule has 2 aromatic carbocycles. The monoisotopic (exact) mass is 416 g/mol. The Bertz CT molecular complexity index is 1060. The minimum absolute atomic E-state index is 0.177. The van der Waals surface area contributed by atoms with E-state index >= 15 is 0 Å². The number of hydrogen-bond donors (Lipinski definition) is 1. The van der Waals surface area contributed by atoms with Gasteiger partial charge < -0.3 is 10.2 Å². The van der Waals surface area contributed by atoms with Gasteiger partial charge in [0.15, 0.2) is 0 Å². The van der Waals surface area contributed by atoms with E-state index in [1.54, 1.807) is 0 Å². The molecule has 0 aliphatic carbocycles. The first kappa shape index (κ1) is 21.8. The average Bonchev–Trinajstić information content (AvgIpc) is 2.74. The summed E-state index contributed by atoms with van der Waals surface area (Å²) in [6.07, 6.45) is 2.44. The summed E-state index contributed by atoms with van der Waals surface area (Å²) < 4.78 is 0. The van der Waals surface area contributed by atoms with Crippen LogP contribution in [-0.4, -0.2) is 34.0 Å². The van der Waals surface area contributed by atoms with Crippen molar-refractivity contribution in [1.82, 2.24) is 14.9 Å². The van der Waals surface area contributed by atoms with Gasteiger partial charge in [-0.05, 0) is 96.1 Å². The maximum Gasteiger partial charge on any atom is 0.138 e. The van der Waals surface area contributed by atoms with Gasteiger partial charge in [-0.1, -0.05) is 35.9 Å². The number of likely N-dealkylation sites (tertiary alicyclic amines) is 1. The Labute approximate surface area is 187 Å². The molecule has 0 bridgehead atoms. The molecule has 1 N–H and O–H groups in total. The molecule has 0 amide bonds. The van der Waals surface area contributed by atoms with Crippen LogP contribution < -0.4 is 5.32 Å². The first-order valence-electron chi connectivity index (χ1n) is 11.7. The molecular weight excluding hydrogens is 380 g/mol. The second-order valence-corrected chi connectivity index (χ2v) is 9.54. The van der Waals surface area contributed by atoms with E-state index in [0.717, 1.165) is 22.5 Å². The van der Waals surface area contributed by atoms with E-state index in [2.05, 4.69) is 81.2 Å². The molecule has 1 atom stereocenters. The predicted octanol–water partition coefficient (Wildman–Crippen LogP) is 6.32. The fourth-order valence-electron chi connectivity index (χ4n) is 4.87. The summed E-state index contributed by atoms with van der Waals surface area (Å²) in [4.78, 5) is 12.2. The maximum atomic E-state index is 4.82. The van der Waals surface area contributed by atoms with E-state index in [0.29, 0.717) is 12.0 Å². The molecule has 0 saturated carbocycles. The van der Waals surface area contributed by atoms with Crippen LogP contribution in [0.25, 0.3) is 10.9 Å². The van der Waals surface area contributed by atoms with Gasteiger partial charge in [0.2, 0.25) is 0 Å². The highest BCUT2D eigenvalue weighted by Crippen LogP contribution is 2.34. The standard InChI is InChI=1S/C27H36N4/c1-17(2)31-12-10-22(11-13-31)24-15-19(4)26-25(16-24)27(30-21(6)29-26)28-20(5)23-9-7-8-18(3)14-23/h7-9,14-17,20,22H,10-13H2,1-6H3,(H,28,29,30)/t20-/m1/s1. The molecule has 2 heterocycles. The summed E-state index contributed by atoms with van der Waals surface area (Å²) in [7, 11) is 0. The number of rotatable bonds is 5. The van der Waals surface area contributed by atoms with Gasteiger partial charge in [0.05, 0.1) is 5.52 Å². The molecule has 31 heavy (non-hydrogen) atoms. The summed E-state index contributed by atoms with van der Waals surface area (Å²) in [5.74, 6) is 2.37. The number of aromatic nitrogens is 2. The maximum absolute atomic E-state index is 4.82. The highest BCUT2D eigenvalue weighted by Gasteiger charge is 2.23. The van der Waals surface area contributed by atoms with Crippen molar-refractivity contribution in [3.05, 3.63) is 64.5 Å². The Morgan fingerprint density at radius 3 is 2.39 bits per heavy atom. The summed E-state index contributed by atoms with van der Waals surface area (Å²) in [5.41, 5.74) is 6.30. The third kappa shape index (κ3) is 4.74. The third-order valence-electron chi connectivity index (χ3n) is 6.75. The number of nitrogens with zero attached hydrogens (tertiary/aromatic N) is 3. The second-order valence-electron chi connectivity index (χ2n) is 9.54. The van der Waals surface area contributed by atoms with Crippen molar-refractivity contribution >= 4 is 16.7 Å². The van der Waals surface area contributed by atoms with Gasteiger partial charge in [-0.15, -0.1) is 0 Å². The largest absolute Gasteiger partial charge is 0.363 e. The van der Waals surface area contributed by atoms with Crippen molar-refractivity contribution in [3.63, 3.8) is 0 Å². The summed E-state index contributed by atoms with van der Waals surface area (Å²) in [6.45, 7) is 15.5. The van der Waals surface area contributed by atoms with Gasteiger partial charge in [-0.2, -0.15) is 0 Å². The van der Waals surface area contributed by atoms with Crippen LogP contribution in [0.15, 0.2) is 36.4 Å². The molecule has 1 aliphatic heterocycles. The highest BCUT2D eigenvalue weighted by molar-refractivity contribution is 5.92. The number of hydrogen-bond acceptors (Lipinski definition) is 4. The molecular formula is C27H36N4. The molecule has 1 aliphatic rings. The molecule has 4 nitrogen and oxygen atoms in total. The summed E-state index contributed by atoms with van der Waals surface area (Å²) in [5, 5.41) is 4.83. The lowest BCUT2D eigenvalue weighted by Gasteiger charge is -2.35. The Morgan fingerprint density at radius 1 is 0.968 bits per heavy atom. The van der Waals surface area contributed by atoms with Crippen LogP contribution in [0.2, 0.25) is 0 Å². The normalized spacial score (nSPS) is 16.7. The lowest BCUT2D eigenvalue weighted by atomic mass is 9.87. The SMILES string of the molecule is Cc1cccc([C@@H](C)Nc2nc(C)nc3c(C)cc(C4CCN(C(C)C)CC4)cc23)c1. The van der Waals surface area contributed by atoms with Gasteiger partial charge >= 0.3 is 0 Å². The number of benzene rings is 2. The van der Waals surface area contributed by atoms with Crippen LogP contribution in [0.5, 0.6) is 0 Å². The molecule has 1 saturated heterocycles. The summed E-state index contributed by atoms with van der Waals surface area (Å²) in [6, 6.07) is 14.2. The smallest absolute Gasteiger partial charge is 0.138 e. The zero-order valence-corrected chi connectivity index (χ0v) is 19.9. The average molecular weight is 417 g/mol. The number of piperidine rings is 1. The van der Waals surface area contributed by atoms with E-state index in [4.69, 9.17) is 9.97 Å². The lowest BCUT2D eigenvalue weighted by Crippen LogP contribution is -2.37. The van der Waals surface area contributed by atoms with Crippen LogP contribution in [0.4, 0.5) is 5.82 Å². The Balaban J connectivity index is 1.67. The minimum Gasteiger partial charge on any atom is -0.363 e. The molecule has 0 unspecified atom stereocenters. The van der Waals surface area contributed by atoms with Crippen LogP contribution >= 0.6 is 0 Å². The number of fused-ring (bicyclic) bond motifs is 1. The van der Waals surface area contributed by atoms with Crippen LogP contribution in [0.3, 0.4) is 0 Å². The Kier molecular flexibility index (Phi) is 6.29. The van der Waals surface area contributed by atoms with Gasteiger partial charge in [0, 0.05) is 17.5 Å². The van der Waals surface area contributed by atoms with Crippen molar-refractivity contribution < 1.29 is 0 Å². The first-order chi connectivity index (χ1) is 14.8. The fraction of sp³-hybridized carbons (Fsp3) is 0.481. The Morgan fingerprint density at radius 2 is 1.71 bits per heavy atom. The molecule has 1 aromatic heterocycles. The fourth-order valence-corrected chi connectivity index (χ4v) is 4.87. The third-order valence-corrected chi connectivity index (χ3v) is 6.75. The zero-order chi connectivity index (χ0) is 22.1. The van der Waals surface area contributed by atoms with Gasteiger partial charge in [0.25, 0.3) is 0 Å². The van der Waals surface area contributed by atoms with E-state index in [-0.39, 0.29) is 6.04 Å². The van der Waals surface area contributed by atoms with Crippen LogP contribution in [0, 0.1) is 20.8 Å². The first-order valence-corrected chi connectivity index (χ1v) is 11.7. The van der Waals surface area contributed by atoms with Crippen LogP contribution in [0.1, 0.15) is 73.7 Å². The minimum atomic E-state index is 0.177. The molecule has 164 valence electrons. The van der Waals surface area contributed by atoms with Crippen molar-refractivity contribution in [1.29, 1.82) is 0 Å². The zero-order valence-electron chi connectivity index (χ0n) is 19.9. The van der Waals surface area contributed by atoms with Crippen LogP contribution in [-0.2, 0) is 0 Å². The molecule has 1 fully saturated rings. The van der Waals surface area contributed by atoms with Crippen molar-refractivity contribution in [2.75, 3.05) is 18.4 Å². The highest BCUT2D eigenvalue weighted by atomic mass is 15.1. The number of anilines is 1. The van der Waals surface area contributed by atoms with Crippen molar-refractivity contribution in [3.8, 4) is 0 Å². The lowest BCUT2D eigenvalue weighted by molar-refractivity contribution is 0.172. The quantitative estimate of drug-likeness (QED) is 0.529. The van der Waals surface area contributed by atoms with E-state index in [9.17, 15) is 0 Å². The molecule has 3 aromatic rings. The van der Waals surface area contributed by atoms with Gasteiger partial charge in [-0.3, -0.25) is 0 Å². The second kappa shape index (κ2) is 8.96. The number of nitrogens with one attached hydrogen (secondary N) is 1. The van der Waals surface area contributed by atoms with Crippen molar-refractivity contribution in [2.45, 2.75) is 72.4 Å². The molecule has 4 rings (SSSR count). The van der Waals surface area contributed by atoms with Crippen molar-refractivity contribution in [2.24, 2.45) is 0 Å². The van der Waals surface area contributed by atoms with E-state index < -0.39 is 0 Å². The predicted molar refractivity (Wildman–Crippen MR) is 131 cm³/mol. The molecule has 4 heteroatoms. The molecule has 0 radical (unpaired) electrons. The van der Waals surface area contributed by atoms with E-state index in [1.807, 2.05) is 6.92 Å². The van der Waals surface area contributed by atoms with E-state index in [1.165, 1.54) is 48.2 Å². The molecule has 0 spiro atoms. The topological polar surface area (TPSA) is 41.1 Å². The summed E-state index contributed by atoms with van der Waals surface area (Å²) >= 11 is 0. The Hall–Kier alpha value is -2.46. The van der Waals surface area contributed by atoms with Gasteiger partial charge in [0.1, 0.15) is 11.6 Å².